The van der Waals surface area contributed by atoms with E-state index in [1.165, 1.54) is 6.07 Å². The molecule has 2 heterocycles. The van der Waals surface area contributed by atoms with Crippen LogP contribution in [-0.4, -0.2) is 25.2 Å². The van der Waals surface area contributed by atoms with Crippen molar-refractivity contribution in [3.8, 4) is 0 Å². The summed E-state index contributed by atoms with van der Waals surface area (Å²) in [6, 6.07) is 3.20. The number of benzene rings is 1. The van der Waals surface area contributed by atoms with Crippen LogP contribution in [0.5, 0.6) is 0 Å². The van der Waals surface area contributed by atoms with Gasteiger partial charge in [0.1, 0.15) is 11.6 Å². The van der Waals surface area contributed by atoms with Crippen molar-refractivity contribution < 1.29 is 4.39 Å². The Morgan fingerprint density at radius 1 is 1.38 bits per heavy atom. The van der Waals surface area contributed by atoms with Crippen LogP contribution in [0.2, 0.25) is 0 Å². The zero-order valence-corrected chi connectivity index (χ0v) is 13.7. The lowest BCUT2D eigenvalue weighted by Crippen LogP contribution is -2.05. The zero-order chi connectivity index (χ0) is 15.0. The van der Waals surface area contributed by atoms with E-state index >= 15 is 0 Å². The first-order valence-electron chi connectivity index (χ1n) is 6.46. The maximum Gasteiger partial charge on any atom is 0.139 e. The van der Waals surface area contributed by atoms with Crippen LogP contribution in [0.15, 0.2) is 29.0 Å². The van der Waals surface area contributed by atoms with Gasteiger partial charge in [-0.05, 0) is 22.0 Å². The predicted octanol–water partition coefficient (Wildman–Crippen LogP) is 3.50. The van der Waals surface area contributed by atoms with Crippen LogP contribution < -0.4 is 0 Å². The van der Waals surface area contributed by atoms with Gasteiger partial charge in [-0.25, -0.2) is 9.37 Å². The monoisotopic (exact) mass is 370 g/mol. The molecule has 1 aromatic carbocycles. The van der Waals surface area contributed by atoms with Gasteiger partial charge in [0.05, 0.1) is 28.2 Å². The number of hydrogen-bond acceptors (Lipinski definition) is 2. The van der Waals surface area contributed by atoms with E-state index in [0.717, 1.165) is 22.4 Å². The van der Waals surface area contributed by atoms with Crippen molar-refractivity contribution in [1.82, 2.24) is 19.3 Å². The van der Waals surface area contributed by atoms with Crippen LogP contribution in [0, 0.1) is 5.82 Å². The molecule has 0 aliphatic carbocycles. The van der Waals surface area contributed by atoms with E-state index in [1.807, 2.05) is 17.8 Å². The number of alkyl halides is 1. The number of nitrogens with zero attached hydrogens (tertiary/aromatic N) is 4. The molecule has 0 aliphatic heterocycles. The van der Waals surface area contributed by atoms with Gasteiger partial charge < -0.3 is 4.57 Å². The fourth-order valence-corrected chi connectivity index (χ4v) is 2.86. The molecule has 0 spiro atoms. The number of aromatic nitrogens is 4. The molecule has 0 unspecified atom stereocenters. The van der Waals surface area contributed by atoms with Gasteiger partial charge in [0, 0.05) is 37.2 Å². The van der Waals surface area contributed by atoms with Gasteiger partial charge in [0.2, 0.25) is 0 Å². The molecule has 21 heavy (non-hydrogen) atoms. The Morgan fingerprint density at radius 2 is 2.19 bits per heavy atom. The fraction of sp³-hybridized carbons (Fsp3) is 0.286. The summed E-state index contributed by atoms with van der Waals surface area (Å²) in [6.45, 7) is 0.595. The Morgan fingerprint density at radius 3 is 2.86 bits per heavy atom. The average molecular weight is 372 g/mol. The molecule has 0 N–H and O–H groups in total. The number of hydrogen-bond donors (Lipinski definition) is 0. The number of halogens is 3. The molecular formula is C14H13BrClFN4. The zero-order valence-electron chi connectivity index (χ0n) is 11.4. The minimum Gasteiger partial charge on any atom is -0.323 e. The highest BCUT2D eigenvalue weighted by Gasteiger charge is 2.14. The van der Waals surface area contributed by atoms with Crippen molar-refractivity contribution in [2.75, 3.05) is 5.88 Å². The minimum absolute atomic E-state index is 0.299. The Kier molecular flexibility index (Phi) is 3.99. The lowest BCUT2D eigenvalue weighted by Gasteiger charge is -2.07. The van der Waals surface area contributed by atoms with Crippen LogP contribution in [0.3, 0.4) is 0 Å². The summed E-state index contributed by atoms with van der Waals surface area (Å²) in [7, 11) is 1.87. The van der Waals surface area contributed by atoms with Crippen LogP contribution in [0.25, 0.3) is 11.0 Å². The van der Waals surface area contributed by atoms with E-state index in [9.17, 15) is 4.39 Å². The van der Waals surface area contributed by atoms with E-state index in [0.29, 0.717) is 23.3 Å². The third-order valence-corrected chi connectivity index (χ3v) is 4.08. The molecule has 0 amide bonds. The normalized spacial score (nSPS) is 11.4. The van der Waals surface area contributed by atoms with Crippen molar-refractivity contribution in [2.45, 2.75) is 13.0 Å². The molecule has 0 atom stereocenters. The maximum atomic E-state index is 13.8. The Bertz CT molecular complexity index is 796. The van der Waals surface area contributed by atoms with Gasteiger partial charge in [-0.1, -0.05) is 0 Å². The van der Waals surface area contributed by atoms with Crippen molar-refractivity contribution in [3.05, 3.63) is 46.2 Å². The molecular weight excluding hydrogens is 359 g/mol. The predicted molar refractivity (Wildman–Crippen MR) is 84.1 cm³/mol. The second-order valence-corrected chi connectivity index (χ2v) is 6.06. The maximum absolute atomic E-state index is 13.8. The van der Waals surface area contributed by atoms with E-state index in [1.54, 1.807) is 16.9 Å². The lowest BCUT2D eigenvalue weighted by atomic mass is 10.3. The van der Waals surface area contributed by atoms with E-state index in [4.69, 9.17) is 11.6 Å². The highest BCUT2D eigenvalue weighted by Crippen LogP contribution is 2.25. The number of fused-ring (bicyclic) bond motifs is 1. The Hall–Kier alpha value is -1.40. The number of rotatable bonds is 4. The standard InChI is InChI=1S/C14H13BrClFN4/c1-20-7-9(6-18-20)8-21-13-5-11(17)10(15)4-12(13)19-14(21)2-3-16/h4-7H,2-3,8H2,1H3. The Balaban J connectivity index is 2.12. The van der Waals surface area contributed by atoms with Gasteiger partial charge in [-0.15, -0.1) is 11.6 Å². The molecule has 0 bridgehead atoms. The van der Waals surface area contributed by atoms with Crippen molar-refractivity contribution in [3.63, 3.8) is 0 Å². The summed E-state index contributed by atoms with van der Waals surface area (Å²) in [5.41, 5.74) is 2.56. The highest BCUT2D eigenvalue weighted by molar-refractivity contribution is 9.10. The molecule has 4 nitrogen and oxygen atoms in total. The van der Waals surface area contributed by atoms with Crippen LogP contribution in [0.1, 0.15) is 11.4 Å². The van der Waals surface area contributed by atoms with Crippen molar-refractivity contribution in [1.29, 1.82) is 0 Å². The van der Waals surface area contributed by atoms with Crippen LogP contribution in [0.4, 0.5) is 4.39 Å². The summed E-state index contributed by atoms with van der Waals surface area (Å²) in [6.07, 6.45) is 4.37. The molecule has 0 radical (unpaired) electrons. The SMILES string of the molecule is Cn1cc(Cn2c(CCCl)nc3cc(Br)c(F)cc32)cn1. The molecule has 0 fully saturated rings. The van der Waals surface area contributed by atoms with E-state index < -0.39 is 0 Å². The van der Waals surface area contributed by atoms with Crippen molar-refractivity contribution in [2.24, 2.45) is 7.05 Å². The smallest absolute Gasteiger partial charge is 0.139 e. The minimum atomic E-state index is -0.299. The molecule has 3 aromatic rings. The molecule has 0 aliphatic rings. The first-order chi connectivity index (χ1) is 10.1. The molecule has 110 valence electrons. The molecule has 3 rings (SSSR count). The van der Waals surface area contributed by atoms with Gasteiger partial charge in [-0.3, -0.25) is 4.68 Å². The summed E-state index contributed by atoms with van der Waals surface area (Å²) in [5, 5.41) is 4.16. The summed E-state index contributed by atoms with van der Waals surface area (Å²) >= 11 is 9.05. The first-order valence-corrected chi connectivity index (χ1v) is 7.79. The van der Waals surface area contributed by atoms with Gasteiger partial charge >= 0.3 is 0 Å². The molecule has 0 saturated carbocycles. The molecule has 7 heteroatoms. The van der Waals surface area contributed by atoms with Gasteiger partial charge in [0.25, 0.3) is 0 Å². The second kappa shape index (κ2) is 5.77. The largest absolute Gasteiger partial charge is 0.323 e. The first kappa shape index (κ1) is 14.5. The average Bonchev–Trinajstić information content (AvgIpc) is 2.97. The van der Waals surface area contributed by atoms with Crippen LogP contribution >= 0.6 is 27.5 Å². The highest BCUT2D eigenvalue weighted by atomic mass is 79.9. The van der Waals surface area contributed by atoms with Gasteiger partial charge in [0.15, 0.2) is 0 Å². The van der Waals surface area contributed by atoms with E-state index in [-0.39, 0.29) is 5.82 Å². The number of aryl methyl sites for hydroxylation is 2. The van der Waals surface area contributed by atoms with Crippen LogP contribution in [-0.2, 0) is 20.0 Å². The fourth-order valence-electron chi connectivity index (χ4n) is 2.36. The Labute approximate surface area is 134 Å². The van der Waals surface area contributed by atoms with Gasteiger partial charge in [-0.2, -0.15) is 5.10 Å². The second-order valence-electron chi connectivity index (χ2n) is 4.83. The topological polar surface area (TPSA) is 35.6 Å². The molecule has 2 aromatic heterocycles. The summed E-state index contributed by atoms with van der Waals surface area (Å²) in [4.78, 5) is 4.56. The quantitative estimate of drug-likeness (QED) is 0.658. The lowest BCUT2D eigenvalue weighted by molar-refractivity contribution is 0.621. The molecule has 0 saturated heterocycles. The third-order valence-electron chi connectivity index (χ3n) is 3.29. The summed E-state index contributed by atoms with van der Waals surface area (Å²) in [5.74, 6) is 1.02. The van der Waals surface area contributed by atoms with E-state index in [2.05, 4.69) is 26.0 Å². The number of imidazole rings is 1. The van der Waals surface area contributed by atoms with Crippen molar-refractivity contribution >= 4 is 38.6 Å². The third kappa shape index (κ3) is 2.82. The summed E-state index contributed by atoms with van der Waals surface area (Å²) < 4.78 is 18.0.